The highest BCUT2D eigenvalue weighted by Gasteiger charge is 2.26. The average Bonchev–Trinajstić information content (AvgIpc) is 2.89. The summed E-state index contributed by atoms with van der Waals surface area (Å²) in [4.78, 5) is 13.9. The molecule has 24 heavy (non-hydrogen) atoms. The molecule has 2 N–H and O–H groups in total. The van der Waals surface area contributed by atoms with Gasteiger partial charge in [0.05, 0.1) is 5.69 Å². The third-order valence-corrected chi connectivity index (χ3v) is 5.03. The fourth-order valence-corrected chi connectivity index (χ4v) is 3.78. The van der Waals surface area contributed by atoms with Crippen LogP contribution in [0.3, 0.4) is 0 Å². The Balaban J connectivity index is 2.01. The topological polar surface area (TPSA) is 62.2 Å². The number of hydrogen-bond acceptors (Lipinski definition) is 4. The first kappa shape index (κ1) is 18.8. The van der Waals surface area contributed by atoms with Crippen molar-refractivity contribution >= 4 is 11.7 Å². The van der Waals surface area contributed by atoms with Crippen molar-refractivity contribution in [3.05, 3.63) is 11.3 Å². The molecule has 1 aromatic heterocycles. The molecule has 1 aromatic rings. The standard InChI is InChI=1S/C18H33N5O/c1-12(2)16-15(18(22(4)5)23(6)21-16)11-20-14-9-7-13(8-10-14)17(24)19-3/h12-14,20H,7-11H2,1-6H3,(H,19,24). The monoisotopic (exact) mass is 335 g/mol. The zero-order valence-electron chi connectivity index (χ0n) is 16.0. The molecule has 1 saturated carbocycles. The van der Waals surface area contributed by atoms with E-state index in [0.29, 0.717) is 12.0 Å². The maximum atomic E-state index is 11.7. The maximum Gasteiger partial charge on any atom is 0.222 e. The van der Waals surface area contributed by atoms with E-state index in [-0.39, 0.29) is 11.8 Å². The van der Waals surface area contributed by atoms with Crippen LogP contribution in [0, 0.1) is 5.92 Å². The van der Waals surface area contributed by atoms with Crippen molar-refractivity contribution in [3.8, 4) is 0 Å². The molecule has 136 valence electrons. The fourth-order valence-electron chi connectivity index (χ4n) is 3.78. The van der Waals surface area contributed by atoms with Gasteiger partial charge in [0.1, 0.15) is 5.82 Å². The Morgan fingerprint density at radius 3 is 2.42 bits per heavy atom. The van der Waals surface area contributed by atoms with Crippen molar-refractivity contribution < 1.29 is 4.79 Å². The van der Waals surface area contributed by atoms with Gasteiger partial charge in [-0.25, -0.2) is 0 Å². The second-order valence-corrected chi connectivity index (χ2v) is 7.40. The van der Waals surface area contributed by atoms with Crippen LogP contribution in [0.2, 0.25) is 0 Å². The molecule has 1 fully saturated rings. The van der Waals surface area contributed by atoms with Crippen LogP contribution in [0.25, 0.3) is 0 Å². The second kappa shape index (κ2) is 8.01. The molecule has 0 aliphatic heterocycles. The van der Waals surface area contributed by atoms with Crippen molar-refractivity contribution in [3.63, 3.8) is 0 Å². The van der Waals surface area contributed by atoms with Gasteiger partial charge in [-0.15, -0.1) is 0 Å². The first-order chi connectivity index (χ1) is 11.3. The summed E-state index contributed by atoms with van der Waals surface area (Å²) in [5.41, 5.74) is 2.47. The van der Waals surface area contributed by atoms with Crippen LogP contribution in [0.15, 0.2) is 0 Å². The van der Waals surface area contributed by atoms with Crippen molar-refractivity contribution in [1.29, 1.82) is 0 Å². The van der Waals surface area contributed by atoms with E-state index in [1.807, 2.05) is 11.7 Å². The summed E-state index contributed by atoms with van der Waals surface area (Å²) >= 11 is 0. The van der Waals surface area contributed by atoms with Gasteiger partial charge in [-0.2, -0.15) is 5.10 Å². The highest BCUT2D eigenvalue weighted by Crippen LogP contribution is 2.29. The molecule has 1 aliphatic carbocycles. The van der Waals surface area contributed by atoms with Gasteiger partial charge in [0.25, 0.3) is 0 Å². The zero-order chi connectivity index (χ0) is 17.9. The van der Waals surface area contributed by atoms with E-state index in [9.17, 15) is 4.79 Å². The third kappa shape index (κ3) is 4.09. The molecule has 2 rings (SSSR count). The molecule has 6 nitrogen and oxygen atoms in total. The number of carbonyl (C=O) groups is 1. The van der Waals surface area contributed by atoms with E-state index in [4.69, 9.17) is 5.10 Å². The number of anilines is 1. The highest BCUT2D eigenvalue weighted by atomic mass is 16.1. The number of aryl methyl sites for hydroxylation is 1. The lowest BCUT2D eigenvalue weighted by Crippen LogP contribution is -2.37. The summed E-state index contributed by atoms with van der Waals surface area (Å²) in [6.07, 6.45) is 4.07. The van der Waals surface area contributed by atoms with Crippen molar-refractivity contribution in [1.82, 2.24) is 20.4 Å². The Hall–Kier alpha value is -1.56. The minimum Gasteiger partial charge on any atom is -0.363 e. The Labute approximate surface area is 146 Å². The third-order valence-electron chi connectivity index (χ3n) is 5.03. The van der Waals surface area contributed by atoms with Gasteiger partial charge in [-0.05, 0) is 31.6 Å². The van der Waals surface area contributed by atoms with Crippen molar-refractivity contribution in [2.75, 3.05) is 26.0 Å². The van der Waals surface area contributed by atoms with Crippen molar-refractivity contribution in [2.45, 2.75) is 58.0 Å². The predicted molar refractivity (Wildman–Crippen MR) is 98.3 cm³/mol. The van der Waals surface area contributed by atoms with E-state index in [1.54, 1.807) is 7.05 Å². The molecule has 1 aliphatic rings. The zero-order valence-corrected chi connectivity index (χ0v) is 16.0. The number of aromatic nitrogens is 2. The van der Waals surface area contributed by atoms with Gasteiger partial charge in [0, 0.05) is 52.3 Å². The van der Waals surface area contributed by atoms with Crippen LogP contribution in [-0.2, 0) is 18.4 Å². The Kier molecular flexibility index (Phi) is 6.27. The first-order valence-electron chi connectivity index (χ1n) is 9.03. The second-order valence-electron chi connectivity index (χ2n) is 7.40. The molecule has 0 spiro atoms. The van der Waals surface area contributed by atoms with Crippen LogP contribution in [-0.4, -0.2) is 42.9 Å². The van der Waals surface area contributed by atoms with E-state index >= 15 is 0 Å². The summed E-state index contributed by atoms with van der Waals surface area (Å²) in [5.74, 6) is 1.96. The first-order valence-corrected chi connectivity index (χ1v) is 9.03. The number of amides is 1. The Morgan fingerprint density at radius 1 is 1.29 bits per heavy atom. The quantitative estimate of drug-likeness (QED) is 0.835. The van der Waals surface area contributed by atoms with Crippen LogP contribution >= 0.6 is 0 Å². The van der Waals surface area contributed by atoms with Gasteiger partial charge in [-0.3, -0.25) is 9.48 Å². The minimum atomic E-state index is 0.190. The molecular weight excluding hydrogens is 302 g/mol. The average molecular weight is 335 g/mol. The minimum absolute atomic E-state index is 0.190. The molecule has 0 unspecified atom stereocenters. The van der Waals surface area contributed by atoms with Crippen LogP contribution in [0.5, 0.6) is 0 Å². The van der Waals surface area contributed by atoms with Crippen molar-refractivity contribution in [2.24, 2.45) is 13.0 Å². The van der Waals surface area contributed by atoms with Crippen LogP contribution in [0.1, 0.15) is 56.7 Å². The maximum absolute atomic E-state index is 11.7. The number of hydrogen-bond donors (Lipinski definition) is 2. The van der Waals surface area contributed by atoms with Gasteiger partial charge in [-0.1, -0.05) is 13.8 Å². The Bertz CT molecular complexity index is 556. The molecule has 0 bridgehead atoms. The normalized spacial score (nSPS) is 21.1. The molecular formula is C18H33N5O. The SMILES string of the molecule is CNC(=O)C1CCC(NCc2c(C(C)C)nn(C)c2N(C)C)CC1. The Morgan fingerprint density at radius 2 is 1.92 bits per heavy atom. The molecule has 0 aromatic carbocycles. The van der Waals surface area contributed by atoms with Gasteiger partial charge in [0.15, 0.2) is 0 Å². The molecule has 1 amide bonds. The van der Waals surface area contributed by atoms with E-state index in [2.05, 4.69) is 43.5 Å². The molecule has 6 heteroatoms. The molecule has 0 saturated heterocycles. The van der Waals surface area contributed by atoms with Gasteiger partial charge >= 0.3 is 0 Å². The van der Waals surface area contributed by atoms with Crippen LogP contribution in [0.4, 0.5) is 5.82 Å². The molecule has 0 atom stereocenters. The summed E-state index contributed by atoms with van der Waals surface area (Å²) in [5, 5.41) is 11.2. The number of nitrogens with one attached hydrogen (secondary N) is 2. The van der Waals surface area contributed by atoms with E-state index in [0.717, 1.165) is 32.2 Å². The highest BCUT2D eigenvalue weighted by molar-refractivity contribution is 5.78. The lowest BCUT2D eigenvalue weighted by molar-refractivity contribution is -0.125. The number of carbonyl (C=O) groups excluding carboxylic acids is 1. The number of rotatable bonds is 6. The summed E-state index contributed by atoms with van der Waals surface area (Å²) in [7, 11) is 7.88. The summed E-state index contributed by atoms with van der Waals surface area (Å²) in [6.45, 7) is 5.23. The lowest BCUT2D eigenvalue weighted by Gasteiger charge is -2.28. The number of nitrogens with zero attached hydrogens (tertiary/aromatic N) is 3. The smallest absolute Gasteiger partial charge is 0.222 e. The van der Waals surface area contributed by atoms with Gasteiger partial charge in [0.2, 0.25) is 5.91 Å². The largest absolute Gasteiger partial charge is 0.363 e. The van der Waals surface area contributed by atoms with E-state index in [1.165, 1.54) is 17.1 Å². The van der Waals surface area contributed by atoms with Gasteiger partial charge < -0.3 is 15.5 Å². The molecule has 0 radical (unpaired) electrons. The molecule has 1 heterocycles. The predicted octanol–water partition coefficient (Wildman–Crippen LogP) is 2.00. The van der Waals surface area contributed by atoms with E-state index < -0.39 is 0 Å². The lowest BCUT2D eigenvalue weighted by atomic mass is 9.85. The summed E-state index contributed by atoms with van der Waals surface area (Å²) in [6, 6.07) is 0.487. The van der Waals surface area contributed by atoms with Crippen LogP contribution < -0.4 is 15.5 Å². The fraction of sp³-hybridized carbons (Fsp3) is 0.778. The summed E-state index contributed by atoms with van der Waals surface area (Å²) < 4.78 is 1.98.